The number of halogens is 1. The number of ether oxygens (including phenoxy) is 15. The molecule has 31 nitrogen and oxygen atoms in total. The Labute approximate surface area is 563 Å². The second kappa shape index (κ2) is 54.2. The number of nitrogens with zero attached hydrogens (tertiary/aromatic N) is 1. The maximum absolute atomic E-state index is 12.8. The molecular weight excluding hydrogens is 1290 g/mol. The van der Waals surface area contributed by atoms with Gasteiger partial charge >= 0.3 is 0 Å². The summed E-state index contributed by atoms with van der Waals surface area (Å²) in [4.78, 5) is 64.7. The molecule has 4 aliphatic heterocycles. The molecule has 0 aromatic heterocycles. The lowest BCUT2D eigenvalue weighted by Gasteiger charge is -2.42. The van der Waals surface area contributed by atoms with Crippen LogP contribution in [0.15, 0.2) is 0 Å². The third kappa shape index (κ3) is 36.4. The summed E-state index contributed by atoms with van der Waals surface area (Å²) in [5, 5.41) is 65.3. The lowest BCUT2D eigenvalue weighted by atomic mass is 9.87. The monoisotopic (exact) mass is 1400 g/mol. The second-order valence-corrected chi connectivity index (χ2v) is 24.2. The Morgan fingerprint density at radius 3 is 1.17 bits per heavy atom. The number of carbonyl (C=O) groups excluding carboxylic acids is 5. The van der Waals surface area contributed by atoms with Crippen LogP contribution >= 0.6 is 23.5 Å². The average molecular weight is 1400 g/mol. The van der Waals surface area contributed by atoms with Crippen LogP contribution in [0.4, 0.5) is 0 Å². The molecule has 4 heterocycles. The first-order valence-corrected chi connectivity index (χ1v) is 34.0. The summed E-state index contributed by atoms with van der Waals surface area (Å²) in [5.74, 6) is -1.91. The molecule has 0 saturated carbocycles. The fourth-order valence-corrected chi connectivity index (χ4v) is 11.4. The van der Waals surface area contributed by atoms with Crippen LogP contribution in [0, 0.1) is 17.8 Å². The van der Waals surface area contributed by atoms with Gasteiger partial charge in [0.25, 0.3) is 0 Å². The van der Waals surface area contributed by atoms with E-state index in [4.69, 9.17) is 93.0 Å². The molecule has 33 heteroatoms. The van der Waals surface area contributed by atoms with Crippen molar-refractivity contribution in [2.75, 3.05) is 198 Å². The van der Waals surface area contributed by atoms with Gasteiger partial charge < -0.3 is 118 Å². The Kier molecular flexibility index (Phi) is 50.4. The van der Waals surface area contributed by atoms with Crippen LogP contribution in [0.2, 0.25) is 0 Å². The van der Waals surface area contributed by atoms with Crippen LogP contribution < -0.4 is 20.8 Å². The third-order valence-corrected chi connectivity index (χ3v) is 17.1. The van der Waals surface area contributed by atoms with Gasteiger partial charge in [0.2, 0.25) is 29.5 Å². The SMILES string of the molecule is CC(=O)N[C@@H]1[C@H](O)[C@H](C)[C@@H](CO)O[C@H]1C.COCCOCCOCCOCCOCCOCCOCCOCCOCCOCCOCCOCCNC(=O)CCN1C(=O)CC(SCCC(=O)N[C@@H]2[C@H](O)[C@H](C)[C@@H](CO)O[C@H]2C)C1=O.C[C@H]1[C@@H](O)[C@@H](NCl)[C@H](C)O[C@@H]1CO. The largest absolute Gasteiger partial charge is 0.394 e. The van der Waals surface area contributed by atoms with Gasteiger partial charge in [-0.05, 0) is 32.5 Å². The Morgan fingerprint density at radius 1 is 0.500 bits per heavy atom. The minimum Gasteiger partial charge on any atom is -0.394 e. The quantitative estimate of drug-likeness (QED) is 0.0178. The molecule has 4 saturated heterocycles. The van der Waals surface area contributed by atoms with Crippen LogP contribution in [0.25, 0.3) is 0 Å². The maximum atomic E-state index is 12.8. The van der Waals surface area contributed by atoms with Crippen LogP contribution in [0.5, 0.6) is 0 Å². The van der Waals surface area contributed by atoms with Crippen LogP contribution in [-0.2, 0) is 95.0 Å². The molecule has 552 valence electrons. The van der Waals surface area contributed by atoms with Crippen molar-refractivity contribution in [3.8, 4) is 0 Å². The number of methoxy groups -OCH3 is 1. The number of hydrogen-bond donors (Lipinski definition) is 10. The van der Waals surface area contributed by atoms with E-state index in [-0.39, 0.29) is 137 Å². The van der Waals surface area contributed by atoms with E-state index in [2.05, 4.69) is 20.8 Å². The number of thioether (sulfide) groups is 1. The fraction of sp³-hybridized carbons (Fsp3) is 0.918. The summed E-state index contributed by atoms with van der Waals surface area (Å²) in [6.07, 6.45) is -4.24. The zero-order valence-corrected chi connectivity index (χ0v) is 58.0. The van der Waals surface area contributed by atoms with Crippen LogP contribution in [0.3, 0.4) is 0 Å². The average Bonchev–Trinajstić information content (AvgIpc) is 1.05. The van der Waals surface area contributed by atoms with E-state index in [0.717, 1.165) is 4.90 Å². The maximum Gasteiger partial charge on any atom is 0.242 e. The molecule has 0 aromatic carbocycles. The molecule has 10 N–H and O–H groups in total. The van der Waals surface area contributed by atoms with E-state index < -0.39 is 47.9 Å². The molecule has 0 aromatic rings. The fourth-order valence-electron chi connectivity index (χ4n) is 9.93. The molecule has 4 rings (SSSR count). The summed E-state index contributed by atoms with van der Waals surface area (Å²) in [5.41, 5.74) is 0. The van der Waals surface area contributed by atoms with Crippen molar-refractivity contribution in [2.45, 2.75) is 146 Å². The summed E-state index contributed by atoms with van der Waals surface area (Å²) < 4.78 is 81.6. The lowest BCUT2D eigenvalue weighted by Crippen LogP contribution is -2.60. The predicted molar refractivity (Wildman–Crippen MR) is 343 cm³/mol. The van der Waals surface area contributed by atoms with Gasteiger partial charge in [0.15, 0.2) is 0 Å². The van der Waals surface area contributed by atoms with Crippen molar-refractivity contribution in [1.82, 2.24) is 25.7 Å². The molecule has 94 heavy (non-hydrogen) atoms. The number of likely N-dealkylation sites (tertiary alicyclic amines) is 1. The highest BCUT2D eigenvalue weighted by Gasteiger charge is 2.44. The molecule has 0 radical (unpaired) electrons. The zero-order chi connectivity index (χ0) is 69.5. The molecule has 4 aliphatic rings. The van der Waals surface area contributed by atoms with Gasteiger partial charge in [-0.3, -0.25) is 28.9 Å². The highest BCUT2D eigenvalue weighted by molar-refractivity contribution is 8.00. The number of aliphatic hydroxyl groups is 6. The number of hydrogen-bond acceptors (Lipinski definition) is 28. The standard InChI is InChI=1S/C43H79N3O19S.C10H19NO4.C8H16ClNO3/c1-34-36(33-47)65-35(2)41(42(34)51)45-39(49)5-31-66-37-32-40(50)46(43(37)52)7-4-38(48)44-6-8-54-11-12-56-15-16-58-19-20-60-23-24-62-27-28-64-30-29-63-26-25-61-22-21-59-18-17-57-14-13-55-10-9-53-3;1-5-8(4-12)15-6(2)9(10(5)14)11-7(3)13;1-4-6(3-11)13-5(2)7(10-9)8(4)12/h34-37,41-42,47,51H,4-33H2,1-3H3,(H,44,48)(H,45,49);5-6,8-10,12,14H,4H2,1-3H3,(H,11,13);4-8,10-12H,3H2,1-2H3/t34-,35+,36-,37?,41+,42-;5-,6+,8-,9+,10-;4-,5+,6-,7+,8-/m111/s1. The van der Waals surface area contributed by atoms with Gasteiger partial charge in [0.1, 0.15) is 0 Å². The summed E-state index contributed by atoms with van der Waals surface area (Å²) in [6.45, 7) is 22.6. The smallest absolute Gasteiger partial charge is 0.242 e. The molecular formula is C61H114ClN5O26S. The summed E-state index contributed by atoms with van der Waals surface area (Å²) >= 11 is 6.69. The molecule has 4 fully saturated rings. The molecule has 0 spiro atoms. The van der Waals surface area contributed by atoms with Crippen molar-refractivity contribution in [1.29, 1.82) is 0 Å². The van der Waals surface area contributed by atoms with Gasteiger partial charge in [-0.2, -0.15) is 0 Å². The lowest BCUT2D eigenvalue weighted by molar-refractivity contribution is -0.161. The van der Waals surface area contributed by atoms with Gasteiger partial charge in [0, 0.05) is 69.9 Å². The minimum absolute atomic E-state index is 0.00553. The van der Waals surface area contributed by atoms with Crippen LogP contribution in [0.1, 0.15) is 67.7 Å². The Morgan fingerprint density at radius 2 is 0.830 bits per heavy atom. The van der Waals surface area contributed by atoms with E-state index in [1.807, 2.05) is 13.8 Å². The van der Waals surface area contributed by atoms with Gasteiger partial charge in [-0.25, -0.2) is 4.84 Å². The molecule has 5 amide bonds. The van der Waals surface area contributed by atoms with Crippen LogP contribution in [-0.4, -0.2) is 341 Å². The van der Waals surface area contributed by atoms with Gasteiger partial charge in [-0.15, -0.1) is 11.8 Å². The number of imide groups is 1. The second-order valence-electron chi connectivity index (χ2n) is 22.7. The van der Waals surface area contributed by atoms with E-state index in [0.29, 0.717) is 151 Å². The van der Waals surface area contributed by atoms with Crippen molar-refractivity contribution in [3.63, 3.8) is 0 Å². The Bertz CT molecular complexity index is 1980. The first-order valence-electron chi connectivity index (χ1n) is 32.6. The first-order chi connectivity index (χ1) is 45.3. The van der Waals surface area contributed by atoms with E-state index in [1.165, 1.54) is 18.7 Å². The number of aliphatic hydroxyl groups excluding tert-OH is 6. The minimum atomic E-state index is -0.878. The number of amides is 5. The van der Waals surface area contributed by atoms with Gasteiger partial charge in [-0.1, -0.05) is 20.8 Å². The normalized spacial score (nSPS) is 27.7. The molecule has 16 atom stereocenters. The summed E-state index contributed by atoms with van der Waals surface area (Å²) in [6, 6.07) is -1.31. The van der Waals surface area contributed by atoms with Crippen molar-refractivity contribution in [3.05, 3.63) is 0 Å². The highest BCUT2D eigenvalue weighted by Crippen LogP contribution is 2.29. The third-order valence-electron chi connectivity index (χ3n) is 15.7. The van der Waals surface area contributed by atoms with E-state index in [1.54, 1.807) is 34.8 Å². The van der Waals surface area contributed by atoms with Gasteiger partial charge in [0.05, 0.1) is 250 Å². The number of carbonyl (C=O) groups is 5. The molecule has 1 unspecified atom stereocenters. The first kappa shape index (κ1) is 87.4. The zero-order valence-electron chi connectivity index (χ0n) is 56.4. The molecule has 0 bridgehead atoms. The topological polar surface area (TPSA) is 397 Å². The number of nitrogens with one attached hydrogen (secondary N) is 4. The Hall–Kier alpha value is -2.69. The van der Waals surface area contributed by atoms with E-state index in [9.17, 15) is 44.4 Å². The van der Waals surface area contributed by atoms with E-state index >= 15 is 0 Å². The number of rotatable bonds is 49. The summed E-state index contributed by atoms with van der Waals surface area (Å²) in [7, 11) is 1.64. The predicted octanol–water partition coefficient (Wildman–Crippen LogP) is -2.02. The highest BCUT2D eigenvalue weighted by atomic mass is 35.5. The van der Waals surface area contributed by atoms with Crippen molar-refractivity contribution in [2.24, 2.45) is 17.8 Å². The Balaban J connectivity index is 0.000000869. The molecule has 0 aliphatic carbocycles. The van der Waals surface area contributed by atoms with Crippen molar-refractivity contribution >= 4 is 53.1 Å². The van der Waals surface area contributed by atoms with Crippen molar-refractivity contribution < 1.29 is 126 Å².